The van der Waals surface area contributed by atoms with Crippen LogP contribution in [0.15, 0.2) is 42.5 Å². The van der Waals surface area contributed by atoms with Gasteiger partial charge in [0.15, 0.2) is 11.5 Å². The number of ether oxygens (including phenoxy) is 2. The van der Waals surface area contributed by atoms with Crippen LogP contribution in [0.25, 0.3) is 0 Å². The van der Waals surface area contributed by atoms with Crippen molar-refractivity contribution in [2.24, 2.45) is 0 Å². The number of halogens is 1. The summed E-state index contributed by atoms with van der Waals surface area (Å²) in [7, 11) is 0. The molecule has 2 aromatic rings. The van der Waals surface area contributed by atoms with Crippen molar-refractivity contribution in [3.05, 3.63) is 59.4 Å². The molecule has 140 valence electrons. The van der Waals surface area contributed by atoms with E-state index in [1.165, 1.54) is 12.1 Å². The molecule has 0 saturated carbocycles. The Morgan fingerprint density at radius 1 is 1.15 bits per heavy atom. The number of rotatable bonds is 4. The van der Waals surface area contributed by atoms with Crippen molar-refractivity contribution in [1.82, 2.24) is 10.2 Å². The molecule has 0 aromatic heterocycles. The van der Waals surface area contributed by atoms with Crippen LogP contribution in [0.1, 0.15) is 23.6 Å². The van der Waals surface area contributed by atoms with Crippen molar-refractivity contribution in [2.45, 2.75) is 18.9 Å². The van der Waals surface area contributed by atoms with Gasteiger partial charge in [0.05, 0.1) is 0 Å². The molecule has 1 N–H and O–H groups in total. The van der Waals surface area contributed by atoms with Crippen molar-refractivity contribution in [3.8, 4) is 11.5 Å². The number of hydrogen-bond acceptors (Lipinski definition) is 4. The van der Waals surface area contributed by atoms with E-state index in [1.807, 2.05) is 18.2 Å². The first kappa shape index (κ1) is 17.3. The second-order valence-corrected chi connectivity index (χ2v) is 6.52. The number of nitrogens with one attached hydrogen (secondary N) is 1. The summed E-state index contributed by atoms with van der Waals surface area (Å²) in [6.45, 7) is 1.04. The third-order valence-electron chi connectivity index (χ3n) is 4.78. The molecule has 2 aromatic carbocycles. The zero-order valence-corrected chi connectivity index (χ0v) is 14.6. The van der Waals surface area contributed by atoms with Gasteiger partial charge >= 0.3 is 0 Å². The molecule has 2 aliphatic heterocycles. The van der Waals surface area contributed by atoms with Gasteiger partial charge in [-0.1, -0.05) is 18.2 Å². The number of amides is 2. The maximum Gasteiger partial charge on any atom is 0.247 e. The minimum atomic E-state index is -0.733. The highest BCUT2D eigenvalue weighted by atomic mass is 19.1. The number of carbonyl (C=O) groups is 2. The highest BCUT2D eigenvalue weighted by Crippen LogP contribution is 2.33. The average molecular weight is 370 g/mol. The molecule has 0 radical (unpaired) electrons. The number of aryl methyl sites for hydroxylation is 1. The highest BCUT2D eigenvalue weighted by molar-refractivity contribution is 5.89. The van der Waals surface area contributed by atoms with Crippen molar-refractivity contribution >= 4 is 11.8 Å². The van der Waals surface area contributed by atoms with Crippen LogP contribution in [0, 0.1) is 5.82 Å². The lowest BCUT2D eigenvalue weighted by Crippen LogP contribution is -2.52. The summed E-state index contributed by atoms with van der Waals surface area (Å²) in [5.74, 6) is 0.646. The topological polar surface area (TPSA) is 67.9 Å². The van der Waals surface area contributed by atoms with Gasteiger partial charge in [-0.25, -0.2) is 4.39 Å². The Balaban J connectivity index is 1.47. The fourth-order valence-corrected chi connectivity index (χ4v) is 3.40. The molecule has 27 heavy (non-hydrogen) atoms. The van der Waals surface area contributed by atoms with Crippen molar-refractivity contribution < 1.29 is 23.5 Å². The van der Waals surface area contributed by atoms with Crippen molar-refractivity contribution in [3.63, 3.8) is 0 Å². The summed E-state index contributed by atoms with van der Waals surface area (Å²) in [4.78, 5) is 26.8. The van der Waals surface area contributed by atoms with E-state index in [-0.39, 0.29) is 30.8 Å². The maximum atomic E-state index is 13.2. The van der Waals surface area contributed by atoms with Gasteiger partial charge in [0.25, 0.3) is 0 Å². The largest absolute Gasteiger partial charge is 0.454 e. The first-order valence-corrected chi connectivity index (χ1v) is 8.83. The van der Waals surface area contributed by atoms with E-state index in [4.69, 9.17) is 9.47 Å². The first-order chi connectivity index (χ1) is 13.1. The van der Waals surface area contributed by atoms with Crippen LogP contribution < -0.4 is 14.8 Å². The molecule has 0 bridgehead atoms. The van der Waals surface area contributed by atoms with Crippen LogP contribution in [-0.4, -0.2) is 36.6 Å². The molecule has 1 atom stereocenters. The number of hydrogen-bond donors (Lipinski definition) is 1. The molecule has 2 heterocycles. The third kappa shape index (κ3) is 3.58. The molecule has 7 heteroatoms. The van der Waals surface area contributed by atoms with E-state index < -0.39 is 6.04 Å². The Bertz CT molecular complexity index is 869. The predicted octanol–water partition coefficient (Wildman–Crippen LogP) is 2.19. The monoisotopic (exact) mass is 370 g/mol. The average Bonchev–Trinajstić information content (AvgIpc) is 3.14. The number of fused-ring (bicyclic) bond motifs is 1. The predicted molar refractivity (Wildman–Crippen MR) is 94.7 cm³/mol. The molecular weight excluding hydrogens is 351 g/mol. The standard InChI is InChI=1S/C20H19FN2O4/c21-15-5-3-14(4-6-15)19-20(25)22-9-10-23(19)18(24)8-2-13-1-7-16-17(11-13)27-12-26-16/h1,3-7,11,19H,2,8-10,12H2,(H,22,25). The normalized spacial score (nSPS) is 18.3. The van der Waals surface area contributed by atoms with Crippen LogP contribution in [-0.2, 0) is 16.0 Å². The Morgan fingerprint density at radius 3 is 2.74 bits per heavy atom. The quantitative estimate of drug-likeness (QED) is 0.896. The Hall–Kier alpha value is -3.09. The van der Waals surface area contributed by atoms with Gasteiger partial charge in [0, 0.05) is 19.5 Å². The lowest BCUT2D eigenvalue weighted by Gasteiger charge is -2.35. The fourth-order valence-electron chi connectivity index (χ4n) is 3.40. The van der Waals surface area contributed by atoms with Crippen LogP contribution >= 0.6 is 0 Å². The van der Waals surface area contributed by atoms with Gasteiger partial charge in [0.2, 0.25) is 18.6 Å². The summed E-state index contributed by atoms with van der Waals surface area (Å²) < 4.78 is 23.9. The SMILES string of the molecule is O=C1NCCN(C(=O)CCc2ccc3c(c2)OCO3)C1c1ccc(F)cc1. The molecule has 6 nitrogen and oxygen atoms in total. The fraction of sp³-hybridized carbons (Fsp3) is 0.300. The summed E-state index contributed by atoms with van der Waals surface area (Å²) in [5.41, 5.74) is 1.57. The van der Waals surface area contributed by atoms with E-state index in [2.05, 4.69) is 5.32 Å². The van der Waals surface area contributed by atoms with Crippen LogP contribution in [0.2, 0.25) is 0 Å². The summed E-state index contributed by atoms with van der Waals surface area (Å²) in [5, 5.41) is 2.78. The second kappa shape index (κ2) is 7.26. The van der Waals surface area contributed by atoms with Gasteiger partial charge in [-0.05, 0) is 41.8 Å². The van der Waals surface area contributed by atoms with E-state index in [1.54, 1.807) is 17.0 Å². The van der Waals surface area contributed by atoms with E-state index in [9.17, 15) is 14.0 Å². The minimum Gasteiger partial charge on any atom is -0.454 e. The zero-order valence-electron chi connectivity index (χ0n) is 14.6. The molecule has 0 spiro atoms. The number of carbonyl (C=O) groups excluding carboxylic acids is 2. The molecule has 4 rings (SSSR count). The maximum absolute atomic E-state index is 13.2. The Morgan fingerprint density at radius 2 is 1.93 bits per heavy atom. The van der Waals surface area contributed by atoms with E-state index in [0.29, 0.717) is 36.6 Å². The lowest BCUT2D eigenvalue weighted by atomic mass is 10.0. The molecule has 2 aliphatic rings. The minimum absolute atomic E-state index is 0.114. The number of nitrogens with zero attached hydrogens (tertiary/aromatic N) is 1. The Labute approximate surface area is 155 Å². The van der Waals surface area contributed by atoms with E-state index >= 15 is 0 Å². The molecule has 2 amide bonds. The van der Waals surface area contributed by atoms with E-state index in [0.717, 1.165) is 5.56 Å². The van der Waals surface area contributed by atoms with Gasteiger partial charge in [-0.3, -0.25) is 9.59 Å². The summed E-state index contributed by atoms with van der Waals surface area (Å²) in [6, 6.07) is 10.6. The van der Waals surface area contributed by atoms with Crippen LogP contribution in [0.5, 0.6) is 11.5 Å². The van der Waals surface area contributed by atoms with Gasteiger partial charge in [-0.2, -0.15) is 0 Å². The molecule has 1 unspecified atom stereocenters. The van der Waals surface area contributed by atoms with Crippen molar-refractivity contribution in [1.29, 1.82) is 0 Å². The number of piperazine rings is 1. The summed E-state index contributed by atoms with van der Waals surface area (Å²) >= 11 is 0. The first-order valence-electron chi connectivity index (χ1n) is 8.83. The molecule has 1 fully saturated rings. The number of benzene rings is 2. The summed E-state index contributed by atoms with van der Waals surface area (Å²) in [6.07, 6.45) is 0.800. The molecule has 1 saturated heterocycles. The molecular formula is C20H19FN2O4. The van der Waals surface area contributed by atoms with Crippen LogP contribution in [0.3, 0.4) is 0 Å². The second-order valence-electron chi connectivity index (χ2n) is 6.52. The smallest absolute Gasteiger partial charge is 0.247 e. The zero-order chi connectivity index (χ0) is 18.8. The van der Waals surface area contributed by atoms with Gasteiger partial charge in [0.1, 0.15) is 11.9 Å². The lowest BCUT2D eigenvalue weighted by molar-refractivity contribution is -0.143. The highest BCUT2D eigenvalue weighted by Gasteiger charge is 2.34. The van der Waals surface area contributed by atoms with Crippen molar-refractivity contribution in [2.75, 3.05) is 19.9 Å². The third-order valence-corrected chi connectivity index (χ3v) is 4.78. The Kier molecular flexibility index (Phi) is 4.66. The molecule has 0 aliphatic carbocycles. The van der Waals surface area contributed by atoms with Crippen LogP contribution in [0.4, 0.5) is 4.39 Å². The van der Waals surface area contributed by atoms with Gasteiger partial charge in [-0.15, -0.1) is 0 Å². The van der Waals surface area contributed by atoms with Gasteiger partial charge < -0.3 is 19.7 Å².